The Labute approximate surface area is 166 Å². The Morgan fingerprint density at radius 2 is 1.89 bits per heavy atom. The lowest BCUT2D eigenvalue weighted by Crippen LogP contribution is -2.23. The molecule has 0 radical (unpaired) electrons. The number of nitrogens with one attached hydrogen (secondary N) is 1. The van der Waals surface area contributed by atoms with Crippen molar-refractivity contribution in [2.45, 2.75) is 55.7 Å². The van der Waals surface area contributed by atoms with Crippen LogP contribution in [-0.2, 0) is 16.4 Å². The molecule has 0 atom stereocenters. The fraction of sp³-hybridized carbons (Fsp3) is 0.429. The second-order valence-corrected chi connectivity index (χ2v) is 9.24. The normalized spacial score (nSPS) is 14.8. The number of amides is 1. The van der Waals surface area contributed by atoms with E-state index in [4.69, 9.17) is 4.74 Å². The van der Waals surface area contributed by atoms with Gasteiger partial charge in [0.15, 0.2) is 9.84 Å². The summed E-state index contributed by atoms with van der Waals surface area (Å²) in [4.78, 5) is 16.8. The molecule has 150 valence electrons. The summed E-state index contributed by atoms with van der Waals surface area (Å²) in [5.41, 5.74) is 1.32. The van der Waals surface area contributed by atoms with Crippen LogP contribution in [0.1, 0.15) is 54.9 Å². The maximum atomic E-state index is 12.6. The third-order valence-corrected chi connectivity index (χ3v) is 7.17. The lowest BCUT2D eigenvalue weighted by molar-refractivity contribution is 0.0950. The first kappa shape index (κ1) is 20.3. The number of ether oxygens (including phenoxy) is 1. The highest BCUT2D eigenvalue weighted by Crippen LogP contribution is 2.29. The van der Waals surface area contributed by atoms with Crippen LogP contribution in [0.15, 0.2) is 47.5 Å². The van der Waals surface area contributed by atoms with Gasteiger partial charge in [-0.05, 0) is 55.2 Å². The molecule has 0 bridgehead atoms. The van der Waals surface area contributed by atoms with Crippen LogP contribution < -0.4 is 10.1 Å². The summed E-state index contributed by atoms with van der Waals surface area (Å²) in [5.74, 6) is 0.285. The van der Waals surface area contributed by atoms with E-state index in [0.717, 1.165) is 37.7 Å². The number of carbonyl (C=O) groups is 1. The van der Waals surface area contributed by atoms with Crippen LogP contribution in [0.3, 0.4) is 0 Å². The topological polar surface area (TPSA) is 85.4 Å². The Hall–Kier alpha value is -2.41. The van der Waals surface area contributed by atoms with Crippen molar-refractivity contribution in [3.05, 3.63) is 53.7 Å². The molecule has 1 aromatic heterocycles. The Kier molecular flexibility index (Phi) is 6.67. The molecule has 1 aromatic carbocycles. The molecule has 6 nitrogen and oxygen atoms in total. The Bertz CT molecular complexity index is 904. The van der Waals surface area contributed by atoms with E-state index in [1.807, 2.05) is 13.0 Å². The molecular formula is C21H26N2O4S. The van der Waals surface area contributed by atoms with Crippen molar-refractivity contribution in [3.8, 4) is 5.88 Å². The SMILES string of the molecule is CCCOc1cc(CNC(=O)c2ccc(S(=O)(=O)C3CCCC3)cc2)ccn1. The molecule has 1 fully saturated rings. The summed E-state index contributed by atoms with van der Waals surface area (Å²) in [6.07, 6.45) is 5.92. The predicted octanol–water partition coefficient (Wildman–Crippen LogP) is 3.52. The zero-order valence-corrected chi connectivity index (χ0v) is 16.9. The van der Waals surface area contributed by atoms with E-state index in [-0.39, 0.29) is 11.2 Å². The van der Waals surface area contributed by atoms with Crippen LogP contribution in [0.25, 0.3) is 0 Å². The predicted molar refractivity (Wildman–Crippen MR) is 107 cm³/mol. The molecule has 0 spiro atoms. The van der Waals surface area contributed by atoms with E-state index in [2.05, 4.69) is 10.3 Å². The second kappa shape index (κ2) is 9.19. The summed E-state index contributed by atoms with van der Waals surface area (Å²) in [6.45, 7) is 2.96. The highest BCUT2D eigenvalue weighted by Gasteiger charge is 2.30. The largest absolute Gasteiger partial charge is 0.478 e. The molecule has 1 aliphatic carbocycles. The van der Waals surface area contributed by atoms with Gasteiger partial charge in [0, 0.05) is 24.4 Å². The van der Waals surface area contributed by atoms with Gasteiger partial charge in [0.2, 0.25) is 5.88 Å². The smallest absolute Gasteiger partial charge is 0.251 e. The van der Waals surface area contributed by atoms with E-state index in [9.17, 15) is 13.2 Å². The molecule has 28 heavy (non-hydrogen) atoms. The summed E-state index contributed by atoms with van der Waals surface area (Å²) < 4.78 is 30.7. The fourth-order valence-corrected chi connectivity index (χ4v) is 5.17. The van der Waals surface area contributed by atoms with E-state index < -0.39 is 9.84 Å². The molecular weight excluding hydrogens is 376 g/mol. The third-order valence-electron chi connectivity index (χ3n) is 4.89. The summed E-state index contributed by atoms with van der Waals surface area (Å²) in [5, 5.41) is 2.55. The summed E-state index contributed by atoms with van der Waals surface area (Å²) >= 11 is 0. The monoisotopic (exact) mass is 402 g/mol. The van der Waals surface area contributed by atoms with Gasteiger partial charge in [-0.3, -0.25) is 4.79 Å². The maximum absolute atomic E-state index is 12.6. The van der Waals surface area contributed by atoms with Crippen molar-refractivity contribution in [2.75, 3.05) is 6.61 Å². The van der Waals surface area contributed by atoms with Crippen molar-refractivity contribution in [1.29, 1.82) is 0 Å². The van der Waals surface area contributed by atoms with Gasteiger partial charge in [-0.1, -0.05) is 19.8 Å². The average Bonchev–Trinajstić information content (AvgIpc) is 3.27. The molecule has 0 saturated heterocycles. The number of sulfone groups is 1. The van der Waals surface area contributed by atoms with Gasteiger partial charge in [0.05, 0.1) is 16.8 Å². The standard InChI is InChI=1S/C21H26N2O4S/c1-2-13-27-20-14-16(11-12-22-20)15-23-21(24)17-7-9-19(10-8-17)28(25,26)18-5-3-4-6-18/h7-12,14,18H,2-6,13,15H2,1H3,(H,23,24). The number of pyridine rings is 1. The van der Waals surface area contributed by atoms with E-state index in [1.165, 1.54) is 12.1 Å². The molecule has 1 amide bonds. The number of aromatic nitrogens is 1. The number of nitrogens with zero attached hydrogens (tertiary/aromatic N) is 1. The van der Waals surface area contributed by atoms with Gasteiger partial charge in [0.25, 0.3) is 5.91 Å². The first-order valence-electron chi connectivity index (χ1n) is 9.70. The van der Waals surface area contributed by atoms with Crippen molar-refractivity contribution < 1.29 is 17.9 Å². The maximum Gasteiger partial charge on any atom is 0.251 e. The second-order valence-electron chi connectivity index (χ2n) is 7.01. The van der Waals surface area contributed by atoms with Gasteiger partial charge < -0.3 is 10.1 Å². The first-order valence-corrected chi connectivity index (χ1v) is 11.2. The zero-order valence-electron chi connectivity index (χ0n) is 16.1. The van der Waals surface area contributed by atoms with Crippen molar-refractivity contribution in [2.24, 2.45) is 0 Å². The molecule has 1 heterocycles. The molecule has 1 N–H and O–H groups in total. The van der Waals surface area contributed by atoms with E-state index in [0.29, 0.717) is 29.5 Å². The fourth-order valence-electron chi connectivity index (χ4n) is 3.32. The highest BCUT2D eigenvalue weighted by atomic mass is 32.2. The number of benzene rings is 1. The molecule has 1 saturated carbocycles. The molecule has 0 aliphatic heterocycles. The first-order chi connectivity index (χ1) is 13.5. The summed E-state index contributed by atoms with van der Waals surface area (Å²) in [6, 6.07) is 9.82. The van der Waals surface area contributed by atoms with Gasteiger partial charge in [-0.15, -0.1) is 0 Å². The summed E-state index contributed by atoms with van der Waals surface area (Å²) in [7, 11) is -3.30. The number of hydrogen-bond acceptors (Lipinski definition) is 5. The Morgan fingerprint density at radius 1 is 1.18 bits per heavy atom. The molecule has 2 aromatic rings. The molecule has 1 aliphatic rings. The molecule has 3 rings (SSSR count). The number of hydrogen-bond donors (Lipinski definition) is 1. The van der Waals surface area contributed by atoms with Crippen molar-refractivity contribution in [1.82, 2.24) is 10.3 Å². The van der Waals surface area contributed by atoms with Crippen LogP contribution in [0.4, 0.5) is 0 Å². The molecule has 7 heteroatoms. The Balaban J connectivity index is 1.60. The van der Waals surface area contributed by atoms with E-state index >= 15 is 0 Å². The van der Waals surface area contributed by atoms with Crippen LogP contribution >= 0.6 is 0 Å². The zero-order chi connectivity index (χ0) is 20.0. The minimum atomic E-state index is -3.30. The van der Waals surface area contributed by atoms with Gasteiger partial charge in [0.1, 0.15) is 0 Å². The Morgan fingerprint density at radius 3 is 2.57 bits per heavy atom. The van der Waals surface area contributed by atoms with Crippen LogP contribution in [0.5, 0.6) is 5.88 Å². The average molecular weight is 403 g/mol. The van der Waals surface area contributed by atoms with Crippen molar-refractivity contribution in [3.63, 3.8) is 0 Å². The minimum absolute atomic E-state index is 0.252. The van der Waals surface area contributed by atoms with Gasteiger partial charge in [-0.2, -0.15) is 0 Å². The van der Waals surface area contributed by atoms with Crippen LogP contribution in [0, 0.1) is 0 Å². The quantitative estimate of drug-likeness (QED) is 0.730. The lowest BCUT2D eigenvalue weighted by atomic mass is 10.2. The number of rotatable bonds is 8. The number of carbonyl (C=O) groups excluding carboxylic acids is 1. The van der Waals surface area contributed by atoms with Crippen LogP contribution in [-0.4, -0.2) is 31.2 Å². The van der Waals surface area contributed by atoms with Crippen LogP contribution in [0.2, 0.25) is 0 Å². The van der Waals surface area contributed by atoms with E-state index in [1.54, 1.807) is 24.4 Å². The van der Waals surface area contributed by atoms with Gasteiger partial charge in [-0.25, -0.2) is 13.4 Å². The molecule has 0 unspecified atom stereocenters. The lowest BCUT2D eigenvalue weighted by Gasteiger charge is -2.12. The highest BCUT2D eigenvalue weighted by molar-refractivity contribution is 7.92. The minimum Gasteiger partial charge on any atom is -0.478 e. The third kappa shape index (κ3) is 4.90. The van der Waals surface area contributed by atoms with Crippen molar-refractivity contribution >= 4 is 15.7 Å². The van der Waals surface area contributed by atoms with Gasteiger partial charge >= 0.3 is 0 Å².